The third-order valence-corrected chi connectivity index (χ3v) is 4.30. The summed E-state index contributed by atoms with van der Waals surface area (Å²) < 4.78 is 32.1. The minimum absolute atomic E-state index is 0.543. The average molecular weight is 300 g/mol. The zero-order valence-electron chi connectivity index (χ0n) is 11.7. The molecular weight excluding hydrogens is 281 g/mol. The zero-order valence-corrected chi connectivity index (χ0v) is 11.7. The molecule has 1 aromatic carbocycles. The lowest BCUT2D eigenvalue weighted by molar-refractivity contribution is -0.169. The van der Waals surface area contributed by atoms with Gasteiger partial charge in [0.15, 0.2) is 0 Å². The van der Waals surface area contributed by atoms with Crippen molar-refractivity contribution in [1.29, 1.82) is 0 Å². The lowest BCUT2D eigenvalue weighted by atomic mass is 9.74. The molecule has 1 aromatic rings. The highest BCUT2D eigenvalue weighted by molar-refractivity contribution is 5.79. The number of rotatable bonds is 0. The van der Waals surface area contributed by atoms with Gasteiger partial charge >= 0.3 is 12.1 Å². The van der Waals surface area contributed by atoms with Crippen LogP contribution in [0.25, 0.3) is 0 Å². The summed E-state index contributed by atoms with van der Waals surface area (Å²) in [6.07, 6.45) is 0.498. The van der Waals surface area contributed by atoms with Crippen molar-refractivity contribution < 1.29 is 18.0 Å². The van der Waals surface area contributed by atoms with Gasteiger partial charge in [-0.15, -0.1) is 0 Å². The molecule has 2 aliphatic rings. The fourth-order valence-corrected chi connectivity index (χ4v) is 3.19. The van der Waals surface area contributed by atoms with E-state index in [1.54, 1.807) is 11.1 Å². The van der Waals surface area contributed by atoms with Gasteiger partial charge in [-0.05, 0) is 55.3 Å². The molecule has 1 spiro atoms. The third-order valence-electron chi connectivity index (χ3n) is 4.30. The van der Waals surface area contributed by atoms with Gasteiger partial charge in [-0.25, -0.2) is 0 Å². The van der Waals surface area contributed by atoms with Crippen molar-refractivity contribution in [3.05, 3.63) is 35.4 Å². The van der Waals surface area contributed by atoms with E-state index in [2.05, 4.69) is 35.3 Å². The molecule has 0 radical (unpaired) electrons. The number of halogens is 3. The van der Waals surface area contributed by atoms with Gasteiger partial charge in [0.1, 0.15) is 0 Å². The number of hydrogen-bond donors (Lipinski definition) is 2. The molecule has 3 N–H and O–H groups in total. The third kappa shape index (κ3) is 3.56. The number of hydrogen-bond acceptors (Lipinski definition) is 2. The van der Waals surface area contributed by atoms with Gasteiger partial charge in [-0.1, -0.05) is 24.3 Å². The number of benzene rings is 1. The van der Waals surface area contributed by atoms with Crippen LogP contribution in [0.2, 0.25) is 0 Å². The van der Waals surface area contributed by atoms with Crippen LogP contribution in [0.15, 0.2) is 24.3 Å². The highest BCUT2D eigenvalue weighted by atomic mass is 19.4. The lowest BCUT2D eigenvalue weighted by Crippen LogP contribution is -2.38. The van der Waals surface area contributed by atoms with Crippen LogP contribution < -0.4 is 11.1 Å². The summed E-state index contributed by atoms with van der Waals surface area (Å²) in [5, 5.41) is 3.47. The Morgan fingerprint density at radius 2 is 1.71 bits per heavy atom. The number of piperidine rings is 1. The van der Waals surface area contributed by atoms with Crippen LogP contribution >= 0.6 is 0 Å². The van der Waals surface area contributed by atoms with E-state index in [9.17, 15) is 13.2 Å². The molecule has 0 saturated carbocycles. The van der Waals surface area contributed by atoms with Crippen molar-refractivity contribution in [3.63, 3.8) is 0 Å². The van der Waals surface area contributed by atoms with E-state index >= 15 is 0 Å². The topological polar surface area (TPSA) is 55.1 Å². The maximum Gasteiger partial charge on any atom is 0.470 e. The number of fused-ring (bicyclic) bond motifs is 2. The van der Waals surface area contributed by atoms with Crippen molar-refractivity contribution in [3.8, 4) is 0 Å². The Morgan fingerprint density at radius 3 is 2.29 bits per heavy atom. The van der Waals surface area contributed by atoms with Gasteiger partial charge in [-0.2, -0.15) is 13.2 Å². The first-order valence-electron chi connectivity index (χ1n) is 7.01. The van der Waals surface area contributed by atoms with Crippen molar-refractivity contribution in [1.82, 2.24) is 5.32 Å². The van der Waals surface area contributed by atoms with Crippen LogP contribution in [0.1, 0.15) is 30.4 Å². The summed E-state index contributed by atoms with van der Waals surface area (Å²) >= 11 is 0. The number of alkyl halides is 3. The van der Waals surface area contributed by atoms with Crippen molar-refractivity contribution in [2.45, 2.75) is 37.3 Å². The van der Waals surface area contributed by atoms with Gasteiger partial charge in [0.05, 0.1) is 0 Å². The number of carbonyl (C=O) groups is 1. The predicted molar refractivity (Wildman–Crippen MR) is 73.8 cm³/mol. The quantitative estimate of drug-likeness (QED) is 0.772. The largest absolute Gasteiger partial charge is 0.470 e. The summed E-state index contributed by atoms with van der Waals surface area (Å²) in [6.45, 7) is 2.41. The summed E-state index contributed by atoms with van der Waals surface area (Å²) in [4.78, 5) is 9.12. The zero-order chi connectivity index (χ0) is 15.5. The first-order chi connectivity index (χ1) is 9.85. The fraction of sp³-hybridized carbons (Fsp3) is 0.533. The summed E-state index contributed by atoms with van der Waals surface area (Å²) in [5.74, 6) is -2.26. The molecule has 0 bridgehead atoms. The Labute approximate surface area is 121 Å². The minimum Gasteiger partial charge on any atom is -0.362 e. The molecule has 1 saturated heterocycles. The monoisotopic (exact) mass is 300 g/mol. The van der Waals surface area contributed by atoms with E-state index in [4.69, 9.17) is 4.79 Å². The molecule has 21 heavy (non-hydrogen) atoms. The number of carbonyl (C=O) groups excluding carboxylic acids is 1. The maximum atomic E-state index is 10.7. The number of nitrogens with one attached hydrogen (secondary N) is 1. The number of aryl methyl sites for hydroxylation is 1. The maximum absolute atomic E-state index is 10.7. The smallest absolute Gasteiger partial charge is 0.362 e. The molecule has 116 valence electrons. The Bertz CT molecular complexity index is 502. The van der Waals surface area contributed by atoms with Gasteiger partial charge in [0.2, 0.25) is 0 Å². The van der Waals surface area contributed by atoms with Crippen LogP contribution in [0.4, 0.5) is 13.2 Å². The molecule has 3 rings (SSSR count). The highest BCUT2D eigenvalue weighted by Crippen LogP contribution is 2.44. The van der Waals surface area contributed by atoms with E-state index in [-0.39, 0.29) is 0 Å². The normalized spacial score (nSPS) is 19.6. The molecule has 1 heterocycles. The number of amides is 1. The lowest BCUT2D eigenvalue weighted by Gasteiger charge is -2.34. The first-order valence-corrected chi connectivity index (χ1v) is 7.01. The Morgan fingerprint density at radius 1 is 1.14 bits per heavy atom. The Kier molecular flexibility index (Phi) is 4.56. The fourth-order valence-electron chi connectivity index (χ4n) is 3.19. The van der Waals surface area contributed by atoms with E-state index in [0.29, 0.717) is 5.41 Å². The SMILES string of the molecule is NC(=O)C(F)(F)F.c1ccc2c(c1)CCC21CCNCC1. The summed E-state index contributed by atoms with van der Waals surface area (Å²) in [7, 11) is 0. The Hall–Kier alpha value is -1.56. The average Bonchev–Trinajstić information content (AvgIpc) is 2.79. The van der Waals surface area contributed by atoms with Crippen LogP contribution in [0, 0.1) is 0 Å². The second-order valence-corrected chi connectivity index (χ2v) is 5.55. The van der Waals surface area contributed by atoms with Gasteiger partial charge in [-0.3, -0.25) is 4.79 Å². The minimum atomic E-state index is -4.86. The Balaban J connectivity index is 0.000000199. The molecule has 1 aliphatic carbocycles. The van der Waals surface area contributed by atoms with E-state index in [1.165, 1.54) is 38.8 Å². The molecule has 0 unspecified atom stereocenters. The van der Waals surface area contributed by atoms with Crippen molar-refractivity contribution >= 4 is 5.91 Å². The standard InChI is InChI=1S/C13H17N.C2H2F3NO/c1-2-4-12-11(3-1)5-6-13(12)7-9-14-10-8-13;3-2(4,5)1(6)7/h1-4,14H,5-10H2;(H2,6,7). The molecule has 6 heteroatoms. The molecule has 1 aliphatic heterocycles. The molecule has 1 amide bonds. The molecular formula is C15H19F3N2O. The second-order valence-electron chi connectivity index (χ2n) is 5.55. The van der Waals surface area contributed by atoms with Gasteiger partial charge in [0.25, 0.3) is 0 Å². The second kappa shape index (κ2) is 6.05. The molecule has 0 atom stereocenters. The number of primary amides is 1. The van der Waals surface area contributed by atoms with Crippen molar-refractivity contribution in [2.75, 3.05) is 13.1 Å². The molecule has 1 fully saturated rings. The van der Waals surface area contributed by atoms with Crippen LogP contribution in [0.3, 0.4) is 0 Å². The van der Waals surface area contributed by atoms with Gasteiger partial charge < -0.3 is 11.1 Å². The van der Waals surface area contributed by atoms with Crippen LogP contribution in [-0.2, 0) is 16.6 Å². The van der Waals surface area contributed by atoms with Crippen LogP contribution in [-0.4, -0.2) is 25.2 Å². The highest BCUT2D eigenvalue weighted by Gasteiger charge is 2.38. The molecule has 3 nitrogen and oxygen atoms in total. The molecule has 0 aromatic heterocycles. The van der Waals surface area contributed by atoms with Crippen molar-refractivity contribution in [2.24, 2.45) is 5.73 Å². The van der Waals surface area contributed by atoms with E-state index < -0.39 is 12.1 Å². The number of nitrogens with two attached hydrogens (primary N) is 1. The van der Waals surface area contributed by atoms with Gasteiger partial charge in [0, 0.05) is 0 Å². The van der Waals surface area contributed by atoms with E-state index in [0.717, 1.165) is 0 Å². The van der Waals surface area contributed by atoms with E-state index in [1.807, 2.05) is 0 Å². The first kappa shape index (κ1) is 15.8. The predicted octanol–water partition coefficient (Wildman–Crippen LogP) is 2.29. The summed E-state index contributed by atoms with van der Waals surface area (Å²) in [5.41, 5.74) is 7.61. The summed E-state index contributed by atoms with van der Waals surface area (Å²) in [6, 6.07) is 9.05. The van der Waals surface area contributed by atoms with Crippen LogP contribution in [0.5, 0.6) is 0 Å².